The van der Waals surface area contributed by atoms with Crippen LogP contribution >= 0.6 is 0 Å². The second kappa shape index (κ2) is 9.10. The third kappa shape index (κ3) is 5.64. The number of carbonyl (C=O) groups excluding carboxylic acids is 3. The van der Waals surface area contributed by atoms with Crippen molar-refractivity contribution < 1.29 is 19.5 Å². The van der Waals surface area contributed by atoms with Crippen LogP contribution < -0.4 is 10.9 Å². The zero-order chi connectivity index (χ0) is 19.8. The average Bonchev–Trinajstić information content (AvgIpc) is 2.66. The molecule has 0 saturated carbocycles. The lowest BCUT2D eigenvalue weighted by Crippen LogP contribution is -2.44. The normalized spacial score (nSPS) is 10.7. The van der Waals surface area contributed by atoms with E-state index in [1.54, 1.807) is 68.4 Å². The summed E-state index contributed by atoms with van der Waals surface area (Å²) in [4.78, 5) is 40.2. The highest BCUT2D eigenvalue weighted by atomic mass is 16.3. The average molecular weight is 365 g/mol. The first-order valence-corrected chi connectivity index (χ1v) is 8.10. The molecular weight excluding hydrogens is 346 g/mol. The summed E-state index contributed by atoms with van der Waals surface area (Å²) >= 11 is 0. The molecule has 0 aliphatic heterocycles. The number of aliphatic hydroxyl groups excluding tert-OH is 1. The zero-order valence-corrected chi connectivity index (χ0v) is 14.9. The van der Waals surface area contributed by atoms with Crippen molar-refractivity contribution >= 4 is 34.8 Å². The number of carbonyl (C=O) groups is 3. The molecule has 0 fully saturated rings. The molecule has 3 N–H and O–H groups in total. The number of ketones is 1. The van der Waals surface area contributed by atoms with Gasteiger partial charge in [-0.25, -0.2) is 0 Å². The minimum Gasteiger partial charge on any atom is -0.507 e. The highest BCUT2D eigenvalue weighted by Crippen LogP contribution is 2.18. The smallest absolute Gasteiger partial charge is 0.310 e. The largest absolute Gasteiger partial charge is 0.507 e. The van der Waals surface area contributed by atoms with Crippen LogP contribution in [0.2, 0.25) is 0 Å². The Morgan fingerprint density at radius 2 is 1.56 bits per heavy atom. The Morgan fingerprint density at radius 1 is 0.926 bits per heavy atom. The molecule has 2 rings (SSSR count). The summed E-state index contributed by atoms with van der Waals surface area (Å²) < 4.78 is 0. The number of para-hydroxylation sites is 1. The molecule has 0 radical (unpaired) electrons. The van der Waals surface area contributed by atoms with E-state index in [1.165, 1.54) is 0 Å². The Bertz CT molecular complexity index is 914. The van der Waals surface area contributed by atoms with E-state index >= 15 is 0 Å². The number of rotatable bonds is 5. The van der Waals surface area contributed by atoms with Gasteiger partial charge in [0.25, 0.3) is 5.91 Å². The van der Waals surface area contributed by atoms with Gasteiger partial charge >= 0.3 is 5.91 Å². The summed E-state index contributed by atoms with van der Waals surface area (Å²) in [6.45, 7) is 3.58. The van der Waals surface area contributed by atoms with Crippen LogP contribution in [0, 0.1) is 0 Å². The molecule has 0 aliphatic rings. The SMILES string of the molecule is CC(C)=Nc1ccccc1C(=O)NNC(=O)C(=O)/C=C(\O)c1ccccc1. The molecule has 2 aromatic carbocycles. The van der Waals surface area contributed by atoms with Crippen LogP contribution in [0.1, 0.15) is 29.8 Å². The number of benzene rings is 2. The maximum absolute atomic E-state index is 12.2. The van der Waals surface area contributed by atoms with Gasteiger partial charge in [0.15, 0.2) is 0 Å². The van der Waals surface area contributed by atoms with Crippen molar-refractivity contribution in [2.75, 3.05) is 0 Å². The fourth-order valence-electron chi connectivity index (χ4n) is 2.13. The fourth-order valence-corrected chi connectivity index (χ4v) is 2.13. The standard InChI is InChI=1S/C20H19N3O4/c1-13(2)21-16-11-7-6-10-15(16)19(26)22-23-20(27)18(25)12-17(24)14-8-4-3-5-9-14/h3-12,24H,1-2H3,(H,22,26)(H,23,27)/b17-12-. The number of hydrazine groups is 1. The summed E-state index contributed by atoms with van der Waals surface area (Å²) in [7, 11) is 0. The van der Waals surface area contributed by atoms with E-state index in [2.05, 4.69) is 10.4 Å². The first kappa shape index (κ1) is 19.6. The van der Waals surface area contributed by atoms with Crippen LogP contribution in [0.25, 0.3) is 5.76 Å². The van der Waals surface area contributed by atoms with Gasteiger partial charge in [-0.2, -0.15) is 0 Å². The maximum Gasteiger partial charge on any atom is 0.310 e. The highest BCUT2D eigenvalue weighted by Gasteiger charge is 2.16. The van der Waals surface area contributed by atoms with Crippen molar-refractivity contribution in [3.63, 3.8) is 0 Å². The molecule has 0 aromatic heterocycles. The third-order valence-electron chi connectivity index (χ3n) is 3.34. The van der Waals surface area contributed by atoms with Gasteiger partial charge in [-0.15, -0.1) is 0 Å². The first-order valence-electron chi connectivity index (χ1n) is 8.10. The Hall–Kier alpha value is -3.74. The summed E-state index contributed by atoms with van der Waals surface area (Å²) in [5, 5.41) is 9.87. The predicted molar refractivity (Wildman–Crippen MR) is 103 cm³/mol. The van der Waals surface area contributed by atoms with E-state index in [0.717, 1.165) is 11.8 Å². The van der Waals surface area contributed by atoms with Gasteiger partial charge in [-0.05, 0) is 26.0 Å². The van der Waals surface area contributed by atoms with Crippen LogP contribution in [0.5, 0.6) is 0 Å². The number of nitrogens with one attached hydrogen (secondary N) is 2. The number of aliphatic hydroxyl groups is 1. The minimum absolute atomic E-state index is 0.245. The highest BCUT2D eigenvalue weighted by molar-refractivity contribution is 6.41. The van der Waals surface area contributed by atoms with Crippen molar-refractivity contribution in [2.45, 2.75) is 13.8 Å². The number of aliphatic imine (C=N–C) groups is 1. The quantitative estimate of drug-likeness (QED) is 0.249. The Balaban J connectivity index is 2.02. The monoisotopic (exact) mass is 365 g/mol. The molecule has 0 atom stereocenters. The molecular formula is C20H19N3O4. The molecule has 0 heterocycles. The topological polar surface area (TPSA) is 108 Å². The Labute approximate surface area is 156 Å². The Morgan fingerprint density at radius 3 is 2.22 bits per heavy atom. The molecule has 2 amide bonds. The van der Waals surface area contributed by atoms with Crippen molar-refractivity contribution in [3.05, 3.63) is 71.8 Å². The lowest BCUT2D eigenvalue weighted by atomic mass is 10.1. The molecule has 0 aliphatic carbocycles. The van der Waals surface area contributed by atoms with Gasteiger partial charge in [0, 0.05) is 17.4 Å². The summed E-state index contributed by atoms with van der Waals surface area (Å²) in [6, 6.07) is 14.9. The Kier molecular flexibility index (Phi) is 6.60. The third-order valence-corrected chi connectivity index (χ3v) is 3.34. The molecule has 0 unspecified atom stereocenters. The summed E-state index contributed by atoms with van der Waals surface area (Å²) in [5.74, 6) is -3.06. The van der Waals surface area contributed by atoms with Crippen molar-refractivity contribution in [1.82, 2.24) is 10.9 Å². The van der Waals surface area contributed by atoms with Gasteiger partial charge in [0.05, 0.1) is 11.3 Å². The van der Waals surface area contributed by atoms with Gasteiger partial charge in [0.2, 0.25) is 5.78 Å². The van der Waals surface area contributed by atoms with E-state index in [-0.39, 0.29) is 11.3 Å². The van der Waals surface area contributed by atoms with E-state index in [1.807, 2.05) is 5.43 Å². The number of amides is 2. The fraction of sp³-hybridized carbons (Fsp3) is 0.100. The van der Waals surface area contributed by atoms with E-state index < -0.39 is 17.6 Å². The zero-order valence-electron chi connectivity index (χ0n) is 14.9. The van der Waals surface area contributed by atoms with Crippen molar-refractivity contribution in [1.29, 1.82) is 0 Å². The number of hydrogen-bond donors (Lipinski definition) is 3. The summed E-state index contributed by atoms with van der Waals surface area (Å²) in [5.41, 5.74) is 6.03. The number of hydrogen-bond acceptors (Lipinski definition) is 5. The van der Waals surface area contributed by atoms with Crippen molar-refractivity contribution in [3.8, 4) is 0 Å². The van der Waals surface area contributed by atoms with Crippen LogP contribution in [0.3, 0.4) is 0 Å². The molecule has 2 aromatic rings. The molecule has 0 saturated heterocycles. The van der Waals surface area contributed by atoms with E-state index in [9.17, 15) is 19.5 Å². The van der Waals surface area contributed by atoms with Gasteiger partial charge in [-0.1, -0.05) is 42.5 Å². The van der Waals surface area contributed by atoms with Crippen LogP contribution in [-0.2, 0) is 9.59 Å². The van der Waals surface area contributed by atoms with E-state index in [0.29, 0.717) is 11.3 Å². The van der Waals surface area contributed by atoms with Crippen molar-refractivity contribution in [2.24, 2.45) is 4.99 Å². The maximum atomic E-state index is 12.2. The summed E-state index contributed by atoms with van der Waals surface area (Å²) in [6.07, 6.45) is 0.787. The van der Waals surface area contributed by atoms with Crippen LogP contribution in [-0.4, -0.2) is 28.4 Å². The van der Waals surface area contributed by atoms with Gasteiger partial charge in [0.1, 0.15) is 5.76 Å². The minimum atomic E-state index is -1.08. The van der Waals surface area contributed by atoms with Crippen LogP contribution in [0.15, 0.2) is 65.7 Å². The molecule has 0 spiro atoms. The molecule has 7 heteroatoms. The molecule has 138 valence electrons. The first-order chi connectivity index (χ1) is 12.9. The number of nitrogens with zero attached hydrogens (tertiary/aromatic N) is 1. The molecule has 27 heavy (non-hydrogen) atoms. The predicted octanol–water partition coefficient (Wildman–Crippen LogP) is 2.73. The van der Waals surface area contributed by atoms with Crippen LogP contribution in [0.4, 0.5) is 5.69 Å². The van der Waals surface area contributed by atoms with Gasteiger partial charge < -0.3 is 5.11 Å². The van der Waals surface area contributed by atoms with E-state index in [4.69, 9.17) is 0 Å². The lowest BCUT2D eigenvalue weighted by Gasteiger charge is -2.08. The van der Waals surface area contributed by atoms with Gasteiger partial charge in [-0.3, -0.25) is 30.2 Å². The molecule has 7 nitrogen and oxygen atoms in total. The lowest BCUT2D eigenvalue weighted by molar-refractivity contribution is -0.135. The second-order valence-corrected chi connectivity index (χ2v) is 5.74. The molecule has 0 bridgehead atoms. The second-order valence-electron chi connectivity index (χ2n) is 5.74.